The van der Waals surface area contributed by atoms with Crippen molar-refractivity contribution in [3.8, 4) is 0 Å². The van der Waals surface area contributed by atoms with Gasteiger partial charge in [-0.15, -0.1) is 12.4 Å². The highest BCUT2D eigenvalue weighted by Crippen LogP contribution is 2.22. The summed E-state index contributed by atoms with van der Waals surface area (Å²) in [6.07, 6.45) is 1.77. The SMILES string of the molecule is Cl.O=C(C[C@H](CNC(=O)[C@@H]1CCCN1)c1ccc(Cl)cc1)N[C@H](C(=O)O)c1ccccc1. The highest BCUT2D eigenvalue weighted by atomic mass is 35.5. The molecular formula is C23H27Cl2N3O4. The molecule has 0 saturated carbocycles. The standard InChI is InChI=1S/C23H26ClN3O4.ClH/c24-18-10-8-15(9-11-18)17(14-26-22(29)19-7-4-12-25-19)13-20(28)27-21(23(30)31)16-5-2-1-3-6-16;/h1-3,5-6,8-11,17,19,21,25H,4,7,12-14H2,(H,26,29)(H,27,28)(H,30,31);1H/t17-,19+,21+;/m1./s1. The van der Waals surface area contributed by atoms with E-state index in [0.717, 1.165) is 24.9 Å². The number of carbonyl (C=O) groups is 3. The van der Waals surface area contributed by atoms with Crippen LogP contribution < -0.4 is 16.0 Å². The molecule has 1 aliphatic heterocycles. The van der Waals surface area contributed by atoms with Crippen molar-refractivity contribution in [2.75, 3.05) is 13.1 Å². The number of aliphatic carboxylic acids is 1. The van der Waals surface area contributed by atoms with Crippen molar-refractivity contribution < 1.29 is 19.5 Å². The molecule has 32 heavy (non-hydrogen) atoms. The summed E-state index contributed by atoms with van der Waals surface area (Å²) in [6, 6.07) is 14.3. The molecule has 2 aromatic carbocycles. The summed E-state index contributed by atoms with van der Waals surface area (Å²) in [6.45, 7) is 1.08. The van der Waals surface area contributed by atoms with E-state index < -0.39 is 17.9 Å². The van der Waals surface area contributed by atoms with Crippen LogP contribution in [0.15, 0.2) is 54.6 Å². The summed E-state index contributed by atoms with van der Waals surface area (Å²) in [5.41, 5.74) is 1.33. The summed E-state index contributed by atoms with van der Waals surface area (Å²) in [5, 5.41) is 18.8. The van der Waals surface area contributed by atoms with E-state index in [-0.39, 0.29) is 43.2 Å². The summed E-state index contributed by atoms with van der Waals surface area (Å²) < 4.78 is 0. The molecule has 0 radical (unpaired) electrons. The van der Waals surface area contributed by atoms with E-state index >= 15 is 0 Å². The van der Waals surface area contributed by atoms with Gasteiger partial charge in [0.15, 0.2) is 6.04 Å². The summed E-state index contributed by atoms with van der Waals surface area (Å²) in [4.78, 5) is 36.9. The molecule has 0 bridgehead atoms. The first-order valence-electron chi connectivity index (χ1n) is 10.3. The van der Waals surface area contributed by atoms with Crippen LogP contribution in [0, 0.1) is 0 Å². The first-order chi connectivity index (χ1) is 14.9. The fourth-order valence-corrected chi connectivity index (χ4v) is 3.80. The lowest BCUT2D eigenvalue weighted by molar-refractivity contribution is -0.142. The Kier molecular flexibility index (Phi) is 9.97. The first-order valence-corrected chi connectivity index (χ1v) is 10.7. The van der Waals surface area contributed by atoms with Gasteiger partial charge in [-0.2, -0.15) is 0 Å². The highest BCUT2D eigenvalue weighted by molar-refractivity contribution is 6.30. The third-order valence-corrected chi connectivity index (χ3v) is 5.61. The van der Waals surface area contributed by atoms with Crippen molar-refractivity contribution >= 4 is 41.8 Å². The van der Waals surface area contributed by atoms with Gasteiger partial charge >= 0.3 is 5.97 Å². The van der Waals surface area contributed by atoms with Gasteiger partial charge in [0, 0.05) is 23.9 Å². The Balaban J connectivity index is 0.00000363. The molecule has 2 aromatic rings. The van der Waals surface area contributed by atoms with Crippen molar-refractivity contribution in [3.05, 3.63) is 70.7 Å². The van der Waals surface area contributed by atoms with E-state index in [9.17, 15) is 19.5 Å². The predicted molar refractivity (Wildman–Crippen MR) is 125 cm³/mol. The van der Waals surface area contributed by atoms with Crippen molar-refractivity contribution in [2.45, 2.75) is 37.3 Å². The molecule has 1 saturated heterocycles. The molecule has 0 unspecified atom stereocenters. The van der Waals surface area contributed by atoms with E-state index in [0.29, 0.717) is 10.6 Å². The summed E-state index contributed by atoms with van der Waals surface area (Å²) in [5.74, 6) is -1.97. The molecule has 4 N–H and O–H groups in total. The monoisotopic (exact) mass is 479 g/mol. The molecule has 0 aromatic heterocycles. The lowest BCUT2D eigenvalue weighted by Gasteiger charge is -2.21. The average Bonchev–Trinajstić information content (AvgIpc) is 3.31. The number of carboxylic acid groups (broad SMARTS) is 1. The smallest absolute Gasteiger partial charge is 0.330 e. The lowest BCUT2D eigenvalue weighted by Crippen LogP contribution is -2.42. The van der Waals surface area contributed by atoms with Crippen LogP contribution in [0.4, 0.5) is 0 Å². The number of carbonyl (C=O) groups excluding carboxylic acids is 2. The number of benzene rings is 2. The van der Waals surface area contributed by atoms with E-state index in [4.69, 9.17) is 11.6 Å². The zero-order valence-corrected chi connectivity index (χ0v) is 19.0. The second-order valence-corrected chi connectivity index (χ2v) is 8.03. The Morgan fingerprint density at radius 2 is 1.75 bits per heavy atom. The molecule has 3 atom stereocenters. The van der Waals surface area contributed by atoms with Crippen LogP contribution in [-0.2, 0) is 14.4 Å². The molecule has 172 valence electrons. The number of carboxylic acids is 1. The summed E-state index contributed by atoms with van der Waals surface area (Å²) in [7, 11) is 0. The van der Waals surface area contributed by atoms with Gasteiger partial charge < -0.3 is 21.1 Å². The topological polar surface area (TPSA) is 108 Å². The van der Waals surface area contributed by atoms with Crippen LogP contribution in [0.2, 0.25) is 5.02 Å². The average molecular weight is 480 g/mol. The van der Waals surface area contributed by atoms with E-state index in [1.807, 2.05) is 12.1 Å². The number of amides is 2. The van der Waals surface area contributed by atoms with Crippen LogP contribution in [0.25, 0.3) is 0 Å². The van der Waals surface area contributed by atoms with Gasteiger partial charge in [-0.25, -0.2) is 4.79 Å². The van der Waals surface area contributed by atoms with Crippen LogP contribution >= 0.6 is 24.0 Å². The maximum Gasteiger partial charge on any atom is 0.330 e. The zero-order valence-electron chi connectivity index (χ0n) is 17.4. The van der Waals surface area contributed by atoms with Gasteiger partial charge in [0.25, 0.3) is 0 Å². The fourth-order valence-electron chi connectivity index (χ4n) is 3.67. The number of hydrogen-bond donors (Lipinski definition) is 4. The molecule has 9 heteroatoms. The zero-order chi connectivity index (χ0) is 22.2. The van der Waals surface area contributed by atoms with Gasteiger partial charge in [0.05, 0.1) is 6.04 Å². The quantitative estimate of drug-likeness (QED) is 0.442. The molecule has 3 rings (SSSR count). The normalized spacial score (nSPS) is 17.0. The van der Waals surface area contributed by atoms with E-state index in [2.05, 4.69) is 16.0 Å². The van der Waals surface area contributed by atoms with Crippen molar-refractivity contribution in [1.82, 2.24) is 16.0 Å². The minimum Gasteiger partial charge on any atom is -0.479 e. The Bertz CT molecular complexity index is 903. The Hall–Kier alpha value is -2.61. The van der Waals surface area contributed by atoms with Crippen molar-refractivity contribution in [3.63, 3.8) is 0 Å². The molecule has 0 aliphatic carbocycles. The van der Waals surface area contributed by atoms with E-state index in [1.54, 1.807) is 42.5 Å². The van der Waals surface area contributed by atoms with Gasteiger partial charge in [-0.3, -0.25) is 9.59 Å². The maximum atomic E-state index is 12.8. The molecule has 2 amide bonds. The maximum absolute atomic E-state index is 12.8. The van der Waals surface area contributed by atoms with E-state index in [1.165, 1.54) is 0 Å². The molecule has 0 spiro atoms. The fraction of sp³-hybridized carbons (Fsp3) is 0.348. The van der Waals surface area contributed by atoms with Gasteiger partial charge in [0.2, 0.25) is 11.8 Å². The van der Waals surface area contributed by atoms with Gasteiger partial charge in [0.1, 0.15) is 0 Å². The van der Waals surface area contributed by atoms with Crippen molar-refractivity contribution in [2.24, 2.45) is 0 Å². The minimum absolute atomic E-state index is 0. The van der Waals surface area contributed by atoms with Crippen LogP contribution in [0.3, 0.4) is 0 Å². The van der Waals surface area contributed by atoms with Gasteiger partial charge in [-0.1, -0.05) is 54.1 Å². The first kappa shape index (κ1) is 25.6. The second-order valence-electron chi connectivity index (χ2n) is 7.60. The number of halogens is 2. The van der Waals surface area contributed by atoms with Crippen LogP contribution in [-0.4, -0.2) is 42.0 Å². The molecule has 1 heterocycles. The van der Waals surface area contributed by atoms with Gasteiger partial charge in [-0.05, 0) is 42.6 Å². The molecule has 1 fully saturated rings. The Labute approximate surface area is 198 Å². The van der Waals surface area contributed by atoms with Crippen LogP contribution in [0.5, 0.6) is 0 Å². The highest BCUT2D eigenvalue weighted by Gasteiger charge is 2.26. The minimum atomic E-state index is -1.14. The lowest BCUT2D eigenvalue weighted by atomic mass is 9.94. The number of rotatable bonds is 9. The Morgan fingerprint density at radius 3 is 2.34 bits per heavy atom. The predicted octanol–water partition coefficient (Wildman–Crippen LogP) is 3.05. The number of hydrogen-bond acceptors (Lipinski definition) is 4. The van der Waals surface area contributed by atoms with Crippen LogP contribution in [0.1, 0.15) is 42.3 Å². The Morgan fingerprint density at radius 1 is 1.06 bits per heavy atom. The second kappa shape index (κ2) is 12.4. The largest absolute Gasteiger partial charge is 0.479 e. The third kappa shape index (κ3) is 7.22. The number of nitrogens with one attached hydrogen (secondary N) is 3. The third-order valence-electron chi connectivity index (χ3n) is 5.36. The molecule has 7 nitrogen and oxygen atoms in total. The summed E-state index contributed by atoms with van der Waals surface area (Å²) >= 11 is 5.98. The van der Waals surface area contributed by atoms with Crippen molar-refractivity contribution in [1.29, 1.82) is 0 Å². The molecule has 1 aliphatic rings. The molecular weight excluding hydrogens is 453 g/mol.